The van der Waals surface area contributed by atoms with E-state index in [-0.39, 0.29) is 0 Å². The summed E-state index contributed by atoms with van der Waals surface area (Å²) in [6.07, 6.45) is 12.8. The van der Waals surface area contributed by atoms with Crippen LogP contribution >= 0.6 is 0 Å². The molecule has 0 spiro atoms. The average molecular weight is 290 g/mol. The van der Waals surface area contributed by atoms with E-state index in [2.05, 4.69) is 28.6 Å². The van der Waals surface area contributed by atoms with Crippen molar-refractivity contribution >= 4 is 23.3 Å². The van der Waals surface area contributed by atoms with Gasteiger partial charge in [0.15, 0.2) is 5.82 Å². The van der Waals surface area contributed by atoms with Gasteiger partial charge in [0, 0.05) is 0 Å². The van der Waals surface area contributed by atoms with E-state index in [9.17, 15) is 4.79 Å². The number of pyridine rings is 1. The first-order chi connectivity index (χ1) is 10.8. The number of aromatic nitrogens is 2. The van der Waals surface area contributed by atoms with Gasteiger partial charge < -0.3 is 5.32 Å². The van der Waals surface area contributed by atoms with Crippen LogP contribution in [-0.2, 0) is 4.79 Å². The van der Waals surface area contributed by atoms with E-state index in [1.54, 1.807) is 10.6 Å². The van der Waals surface area contributed by atoms with Crippen molar-refractivity contribution in [2.24, 2.45) is 0 Å². The second-order valence-electron chi connectivity index (χ2n) is 4.86. The molecule has 3 rings (SSSR count). The number of hydrogen-bond acceptors (Lipinski definition) is 3. The average Bonchev–Trinajstić information content (AvgIpc) is 2.91. The van der Waals surface area contributed by atoms with Crippen LogP contribution in [0, 0.1) is 11.3 Å². The van der Waals surface area contributed by atoms with Crippen molar-refractivity contribution in [1.29, 1.82) is 5.26 Å². The Balaban J connectivity index is 2.13. The predicted octanol–water partition coefficient (Wildman–Crippen LogP) is 3.06. The number of allylic oxidation sites excluding steroid dienone is 6. The molecule has 0 radical (unpaired) electrons. The zero-order valence-corrected chi connectivity index (χ0v) is 11.9. The third-order valence-corrected chi connectivity index (χ3v) is 3.46. The molecule has 0 fully saturated rings. The topological polar surface area (TPSA) is 70.2 Å². The second-order valence-corrected chi connectivity index (χ2v) is 4.86. The van der Waals surface area contributed by atoms with Crippen LogP contribution in [-0.4, -0.2) is 16.0 Å². The number of fused-ring (bicyclic) bond motifs is 1. The van der Waals surface area contributed by atoms with Crippen molar-refractivity contribution in [3.05, 3.63) is 59.8 Å². The number of rotatable bonds is 3. The molecule has 1 aliphatic rings. The van der Waals surface area contributed by atoms with Gasteiger partial charge in [-0.1, -0.05) is 30.4 Å². The number of amides is 1. The van der Waals surface area contributed by atoms with Crippen molar-refractivity contribution in [2.45, 2.75) is 12.8 Å². The van der Waals surface area contributed by atoms with E-state index < -0.39 is 0 Å². The molecule has 1 amide bonds. The van der Waals surface area contributed by atoms with Gasteiger partial charge in [-0.2, -0.15) is 10.4 Å². The van der Waals surface area contributed by atoms with Crippen molar-refractivity contribution in [3.63, 3.8) is 0 Å². The number of carbonyl (C=O) groups excluding carboxylic acids is 1. The molecule has 1 N–H and O–H groups in total. The van der Waals surface area contributed by atoms with Gasteiger partial charge in [-0.05, 0) is 36.6 Å². The SMILES string of the molecule is N#Cc1ccc2cc(C3=CCCC=CC=C3)nn2c1NC=O. The molecule has 0 bridgehead atoms. The van der Waals surface area contributed by atoms with Gasteiger partial charge in [0.05, 0.1) is 16.8 Å². The number of nitrogens with one attached hydrogen (secondary N) is 1. The highest BCUT2D eigenvalue weighted by Crippen LogP contribution is 2.23. The summed E-state index contributed by atoms with van der Waals surface area (Å²) in [5, 5.41) is 16.2. The van der Waals surface area contributed by atoms with Crippen LogP contribution in [0.2, 0.25) is 0 Å². The van der Waals surface area contributed by atoms with Gasteiger partial charge in [-0.3, -0.25) is 4.79 Å². The maximum Gasteiger partial charge on any atom is 0.212 e. The highest BCUT2D eigenvalue weighted by atomic mass is 16.1. The molecule has 22 heavy (non-hydrogen) atoms. The Morgan fingerprint density at radius 3 is 3.05 bits per heavy atom. The number of anilines is 1. The highest BCUT2D eigenvalue weighted by Gasteiger charge is 2.11. The van der Waals surface area contributed by atoms with Crippen molar-refractivity contribution in [3.8, 4) is 6.07 Å². The van der Waals surface area contributed by atoms with E-state index in [1.165, 1.54) is 0 Å². The minimum atomic E-state index is 0.374. The Bertz CT molecular complexity index is 849. The summed E-state index contributed by atoms with van der Waals surface area (Å²) in [5.41, 5.74) is 3.05. The minimum absolute atomic E-state index is 0.374. The summed E-state index contributed by atoms with van der Waals surface area (Å²) >= 11 is 0. The first-order valence-electron chi connectivity index (χ1n) is 7.00. The van der Waals surface area contributed by atoms with Gasteiger partial charge in [0.2, 0.25) is 6.41 Å². The summed E-state index contributed by atoms with van der Waals surface area (Å²) < 4.78 is 1.59. The van der Waals surface area contributed by atoms with Gasteiger partial charge >= 0.3 is 0 Å². The Labute approximate surface area is 127 Å². The maximum absolute atomic E-state index is 10.8. The quantitative estimate of drug-likeness (QED) is 0.883. The van der Waals surface area contributed by atoms with Crippen LogP contribution in [0.25, 0.3) is 11.1 Å². The summed E-state index contributed by atoms with van der Waals surface area (Å²) in [6, 6.07) is 7.50. The summed E-state index contributed by atoms with van der Waals surface area (Å²) in [7, 11) is 0. The standard InChI is InChI=1S/C17H14N4O/c18-11-14-8-9-15-10-16(20-21(15)17(14)19-12-22)13-6-4-2-1-3-5-7-13/h1-2,4,6-10,12H,3,5H2,(H,19,22). The monoisotopic (exact) mass is 290 g/mol. The largest absolute Gasteiger partial charge is 0.312 e. The van der Waals surface area contributed by atoms with E-state index in [0.29, 0.717) is 17.8 Å². The Kier molecular flexibility index (Phi) is 3.84. The summed E-state index contributed by atoms with van der Waals surface area (Å²) in [5.74, 6) is 0.386. The molecule has 108 valence electrons. The molecule has 0 atom stereocenters. The molecule has 2 aromatic heterocycles. The summed E-state index contributed by atoms with van der Waals surface area (Å²) in [6.45, 7) is 0. The lowest BCUT2D eigenvalue weighted by atomic mass is 10.1. The zero-order valence-electron chi connectivity index (χ0n) is 11.9. The fourth-order valence-electron chi connectivity index (χ4n) is 2.41. The van der Waals surface area contributed by atoms with Crippen molar-refractivity contribution in [2.75, 3.05) is 5.32 Å². The fraction of sp³-hybridized carbons (Fsp3) is 0.118. The van der Waals surface area contributed by atoms with Gasteiger partial charge in [0.25, 0.3) is 0 Å². The number of nitrogens with zero attached hydrogens (tertiary/aromatic N) is 3. The molecular formula is C17H14N4O. The Morgan fingerprint density at radius 1 is 1.32 bits per heavy atom. The molecule has 0 aliphatic heterocycles. The molecule has 5 heteroatoms. The molecular weight excluding hydrogens is 276 g/mol. The third kappa shape index (κ3) is 2.54. The van der Waals surface area contributed by atoms with Crippen molar-refractivity contribution in [1.82, 2.24) is 9.61 Å². The number of nitriles is 1. The second kappa shape index (κ2) is 6.10. The fourth-order valence-corrected chi connectivity index (χ4v) is 2.41. The predicted molar refractivity (Wildman–Crippen MR) is 85.1 cm³/mol. The van der Waals surface area contributed by atoms with Crippen LogP contribution in [0.3, 0.4) is 0 Å². The van der Waals surface area contributed by atoms with Crippen LogP contribution < -0.4 is 5.32 Å². The molecule has 1 aliphatic carbocycles. The van der Waals surface area contributed by atoms with Gasteiger partial charge in [-0.15, -0.1) is 0 Å². The number of carbonyl (C=O) groups is 1. The smallest absolute Gasteiger partial charge is 0.212 e. The molecule has 2 heterocycles. The van der Waals surface area contributed by atoms with Crippen molar-refractivity contribution < 1.29 is 4.79 Å². The van der Waals surface area contributed by atoms with Crippen LogP contribution in [0.15, 0.2) is 48.6 Å². The molecule has 2 aromatic rings. The first-order valence-corrected chi connectivity index (χ1v) is 7.00. The normalized spacial score (nSPS) is 14.0. The Hall–Kier alpha value is -3.13. The maximum atomic E-state index is 10.8. The number of hydrogen-bond donors (Lipinski definition) is 1. The third-order valence-electron chi connectivity index (χ3n) is 3.46. The van der Waals surface area contributed by atoms with E-state index in [4.69, 9.17) is 5.26 Å². The lowest BCUT2D eigenvalue weighted by Gasteiger charge is -2.04. The van der Waals surface area contributed by atoms with Crippen LogP contribution in [0.1, 0.15) is 24.1 Å². The van der Waals surface area contributed by atoms with Crippen LogP contribution in [0.5, 0.6) is 0 Å². The summed E-state index contributed by atoms with van der Waals surface area (Å²) in [4.78, 5) is 10.8. The molecule has 0 saturated heterocycles. The first kappa shape index (κ1) is 13.8. The minimum Gasteiger partial charge on any atom is -0.312 e. The zero-order chi connectivity index (χ0) is 15.4. The van der Waals surface area contributed by atoms with E-state index in [0.717, 1.165) is 29.6 Å². The lowest BCUT2D eigenvalue weighted by Crippen LogP contribution is -2.05. The van der Waals surface area contributed by atoms with E-state index in [1.807, 2.05) is 30.4 Å². The van der Waals surface area contributed by atoms with Gasteiger partial charge in [-0.25, -0.2) is 4.52 Å². The molecule has 0 unspecified atom stereocenters. The lowest BCUT2D eigenvalue weighted by molar-refractivity contribution is -0.105. The Morgan fingerprint density at radius 2 is 2.23 bits per heavy atom. The van der Waals surface area contributed by atoms with Crippen LogP contribution in [0.4, 0.5) is 5.82 Å². The molecule has 0 aromatic carbocycles. The molecule has 5 nitrogen and oxygen atoms in total. The molecule has 0 saturated carbocycles. The highest BCUT2D eigenvalue weighted by molar-refractivity contribution is 5.78. The van der Waals surface area contributed by atoms with E-state index >= 15 is 0 Å². The van der Waals surface area contributed by atoms with Gasteiger partial charge in [0.1, 0.15) is 6.07 Å².